The van der Waals surface area contributed by atoms with E-state index in [4.69, 9.17) is 9.47 Å². The molecule has 6 aliphatic rings. The van der Waals surface area contributed by atoms with Crippen LogP contribution in [0.15, 0.2) is 103 Å². The van der Waals surface area contributed by atoms with Crippen molar-refractivity contribution in [3.05, 3.63) is 119 Å². The number of allylic oxidation sites excluding steroid dienone is 4. The first-order valence-corrected chi connectivity index (χ1v) is 21.1. The Balaban J connectivity index is 1.10. The normalized spacial score (nSPS) is 34.0. The fraction of sp³-hybridized carbons (Fsp3) is 0.458. The molecule has 1 amide bonds. The zero-order valence-electron chi connectivity index (χ0n) is 32.9. The number of nitrogens with zero attached hydrogens (tertiary/aromatic N) is 1. The Morgan fingerprint density at radius 2 is 1.54 bits per heavy atom. The first kappa shape index (κ1) is 37.3. The molecule has 2 spiro atoms. The standard InChI is InChI=1S/C48H53NO6S/c1-44-19-16-34(50)27-46(44)22-23-48(35(28-46)43(52)39-26-33-12-8-9-13-38(33)56-39)40(44)17-20-45(2)41(48)18-21-47(45,53)30-49(29-31-10-6-5-7-11-31)42(51)25-32-14-15-36(54-3)37(24-32)55-4/h5-15,22-24,26,28,34,40-41,50,53H,16-21,25,27,29-30H2,1-4H3/t34?,40-,41-,44-,45+,46+,47-,48-/m1/s1. The predicted molar refractivity (Wildman–Crippen MR) is 220 cm³/mol. The van der Waals surface area contributed by atoms with Crippen molar-refractivity contribution in [1.82, 2.24) is 4.90 Å². The number of aliphatic hydroxyl groups is 2. The van der Waals surface area contributed by atoms with Crippen LogP contribution in [-0.4, -0.2) is 59.3 Å². The Labute approximate surface area is 334 Å². The second-order valence-corrected chi connectivity index (χ2v) is 19.0. The maximum absolute atomic E-state index is 15.2. The predicted octanol–water partition coefficient (Wildman–Crippen LogP) is 8.96. The van der Waals surface area contributed by atoms with E-state index in [2.05, 4.69) is 44.2 Å². The molecule has 10 rings (SSSR count). The minimum Gasteiger partial charge on any atom is -0.493 e. The summed E-state index contributed by atoms with van der Waals surface area (Å²) in [6.07, 6.45) is 12.0. The lowest BCUT2D eigenvalue weighted by Gasteiger charge is -2.71. The Bertz CT molecular complexity index is 2230. The highest BCUT2D eigenvalue weighted by molar-refractivity contribution is 7.21. The number of ether oxygens (including phenoxy) is 2. The fourth-order valence-electron chi connectivity index (χ4n) is 12.5. The van der Waals surface area contributed by atoms with Crippen LogP contribution in [0.5, 0.6) is 11.5 Å². The van der Waals surface area contributed by atoms with Gasteiger partial charge in [-0.05, 0) is 103 Å². The largest absolute Gasteiger partial charge is 0.493 e. The van der Waals surface area contributed by atoms with E-state index in [0.717, 1.165) is 63.8 Å². The summed E-state index contributed by atoms with van der Waals surface area (Å²) in [5, 5.41) is 25.4. The van der Waals surface area contributed by atoms with Gasteiger partial charge in [-0.1, -0.05) is 86.7 Å². The molecule has 1 aromatic heterocycles. The number of carbonyl (C=O) groups excluding carboxylic acids is 2. The number of aliphatic hydroxyl groups excluding tert-OH is 1. The van der Waals surface area contributed by atoms with Crippen molar-refractivity contribution in [2.24, 2.45) is 33.5 Å². The summed E-state index contributed by atoms with van der Waals surface area (Å²) in [6, 6.07) is 25.8. The molecule has 4 aromatic rings. The van der Waals surface area contributed by atoms with E-state index >= 15 is 4.79 Å². The first-order valence-electron chi connectivity index (χ1n) is 20.3. The van der Waals surface area contributed by atoms with Gasteiger partial charge in [-0.15, -0.1) is 11.3 Å². The third kappa shape index (κ3) is 5.42. The number of ketones is 1. The number of benzene rings is 3. The molecule has 8 heteroatoms. The quantitative estimate of drug-likeness (QED) is 0.124. The van der Waals surface area contributed by atoms with Crippen molar-refractivity contribution < 1.29 is 29.3 Å². The molecule has 3 aromatic carbocycles. The molecule has 0 radical (unpaired) electrons. The molecule has 2 bridgehead atoms. The van der Waals surface area contributed by atoms with E-state index in [1.165, 1.54) is 0 Å². The van der Waals surface area contributed by atoms with Gasteiger partial charge in [-0.3, -0.25) is 9.59 Å². The smallest absolute Gasteiger partial charge is 0.227 e. The number of thiophene rings is 1. The lowest BCUT2D eigenvalue weighted by molar-refractivity contribution is -0.178. The molecule has 7 nitrogen and oxygen atoms in total. The molecule has 1 heterocycles. The average Bonchev–Trinajstić information content (AvgIpc) is 3.76. The molecule has 6 aliphatic carbocycles. The lowest BCUT2D eigenvalue weighted by atomic mass is 9.32. The van der Waals surface area contributed by atoms with Crippen LogP contribution in [-0.2, 0) is 17.8 Å². The Kier molecular flexibility index (Phi) is 8.95. The van der Waals surface area contributed by atoms with Crippen LogP contribution < -0.4 is 9.47 Å². The molecule has 2 N–H and O–H groups in total. The SMILES string of the molecule is COc1ccc(CC(=O)N(Cc2ccccc2)C[C@]2(O)CC[C@H]3[C@]45C=C[C@@]6(C=C4C(=O)c4cc7ccccc7s4)CC(O)CC[C@]6(C)[C@H]5CC[C@@]32C)cc1OC. The van der Waals surface area contributed by atoms with Crippen LogP contribution in [0.2, 0.25) is 0 Å². The van der Waals surface area contributed by atoms with Crippen molar-refractivity contribution in [2.75, 3.05) is 20.8 Å². The molecule has 3 saturated carbocycles. The molecule has 1 unspecified atom stereocenters. The van der Waals surface area contributed by atoms with Crippen molar-refractivity contribution in [1.29, 1.82) is 0 Å². The van der Waals surface area contributed by atoms with Crippen molar-refractivity contribution in [2.45, 2.75) is 83.5 Å². The van der Waals surface area contributed by atoms with Crippen LogP contribution in [0.25, 0.3) is 10.1 Å². The Morgan fingerprint density at radius 1 is 0.821 bits per heavy atom. The van der Waals surface area contributed by atoms with E-state index in [1.54, 1.807) is 25.6 Å². The monoisotopic (exact) mass is 771 g/mol. The van der Waals surface area contributed by atoms with Gasteiger partial charge in [0.05, 0.1) is 43.8 Å². The molecular weight excluding hydrogens is 719 g/mol. The highest BCUT2D eigenvalue weighted by atomic mass is 32.1. The maximum Gasteiger partial charge on any atom is 0.227 e. The molecule has 0 aliphatic heterocycles. The number of Topliss-reactive ketones (excluding diaryl/α,β-unsaturated/α-hetero) is 1. The topological polar surface area (TPSA) is 96.3 Å². The number of amides is 1. The number of carbonyl (C=O) groups is 2. The van der Waals surface area contributed by atoms with Crippen molar-refractivity contribution in [3.63, 3.8) is 0 Å². The van der Waals surface area contributed by atoms with Gasteiger partial charge in [0.15, 0.2) is 17.3 Å². The van der Waals surface area contributed by atoms with E-state index < -0.39 is 27.9 Å². The second-order valence-electron chi connectivity index (χ2n) is 17.9. The van der Waals surface area contributed by atoms with E-state index in [9.17, 15) is 15.0 Å². The molecule has 56 heavy (non-hydrogen) atoms. The van der Waals surface area contributed by atoms with Gasteiger partial charge in [0.1, 0.15) is 0 Å². The van der Waals surface area contributed by atoms with E-state index in [-0.39, 0.29) is 41.9 Å². The molecule has 292 valence electrons. The van der Waals surface area contributed by atoms with Crippen LogP contribution in [0.1, 0.15) is 79.6 Å². The maximum atomic E-state index is 15.2. The minimum atomic E-state index is -1.19. The Hall–Kier alpha value is -4.24. The van der Waals surface area contributed by atoms with Gasteiger partial charge in [0, 0.05) is 33.1 Å². The minimum absolute atomic E-state index is 0.0129. The number of rotatable bonds is 10. The van der Waals surface area contributed by atoms with Gasteiger partial charge < -0.3 is 24.6 Å². The van der Waals surface area contributed by atoms with Crippen LogP contribution in [0.3, 0.4) is 0 Å². The number of hydrogen-bond acceptors (Lipinski definition) is 7. The summed E-state index contributed by atoms with van der Waals surface area (Å²) in [5.74, 6) is 1.37. The third-order valence-electron chi connectivity index (χ3n) is 15.4. The number of methoxy groups -OCH3 is 2. The zero-order chi connectivity index (χ0) is 39.1. The fourth-order valence-corrected chi connectivity index (χ4v) is 13.5. The molecule has 0 saturated heterocycles. The third-order valence-corrected chi connectivity index (χ3v) is 16.5. The average molecular weight is 772 g/mol. The zero-order valence-corrected chi connectivity index (χ0v) is 33.7. The van der Waals surface area contributed by atoms with Gasteiger partial charge in [-0.25, -0.2) is 0 Å². The van der Waals surface area contributed by atoms with Gasteiger partial charge in [-0.2, -0.15) is 0 Å². The second kappa shape index (κ2) is 13.4. The van der Waals surface area contributed by atoms with Gasteiger partial charge in [0.25, 0.3) is 0 Å². The summed E-state index contributed by atoms with van der Waals surface area (Å²) in [7, 11) is 3.19. The highest BCUT2D eigenvalue weighted by Gasteiger charge is 2.74. The van der Waals surface area contributed by atoms with E-state index in [1.807, 2.05) is 71.6 Å². The van der Waals surface area contributed by atoms with Gasteiger partial charge >= 0.3 is 0 Å². The Morgan fingerprint density at radius 3 is 2.30 bits per heavy atom. The first-order chi connectivity index (χ1) is 26.9. The summed E-state index contributed by atoms with van der Waals surface area (Å²) in [6.45, 7) is 5.23. The molecular formula is C48H53NO6S. The summed E-state index contributed by atoms with van der Waals surface area (Å²) in [5.41, 5.74) is -0.185. The van der Waals surface area contributed by atoms with Crippen LogP contribution in [0, 0.1) is 33.5 Å². The highest BCUT2D eigenvalue weighted by Crippen LogP contribution is 2.78. The summed E-state index contributed by atoms with van der Waals surface area (Å²) >= 11 is 1.56. The number of fused-ring (bicyclic) bond motifs is 2. The molecule has 3 fully saturated rings. The summed E-state index contributed by atoms with van der Waals surface area (Å²) in [4.78, 5) is 32.2. The van der Waals surface area contributed by atoms with Crippen LogP contribution in [0.4, 0.5) is 0 Å². The molecule has 8 atom stereocenters. The van der Waals surface area contributed by atoms with Gasteiger partial charge in [0.2, 0.25) is 5.91 Å². The van der Waals surface area contributed by atoms with E-state index in [0.29, 0.717) is 30.9 Å². The van der Waals surface area contributed by atoms with Crippen molar-refractivity contribution >= 4 is 33.1 Å². The van der Waals surface area contributed by atoms with Crippen LogP contribution >= 0.6 is 11.3 Å². The lowest BCUT2D eigenvalue weighted by Crippen LogP contribution is -2.67. The van der Waals surface area contributed by atoms with Crippen molar-refractivity contribution in [3.8, 4) is 11.5 Å². The summed E-state index contributed by atoms with van der Waals surface area (Å²) < 4.78 is 12.1. The number of hydrogen-bond donors (Lipinski definition) is 2.